The molecule has 0 aromatic carbocycles. The van der Waals surface area contributed by atoms with Crippen LogP contribution in [0, 0.1) is 23.7 Å². The van der Waals surface area contributed by atoms with Gasteiger partial charge in [0.25, 0.3) is 0 Å². The van der Waals surface area contributed by atoms with Crippen LogP contribution in [0.5, 0.6) is 0 Å². The summed E-state index contributed by atoms with van der Waals surface area (Å²) in [7, 11) is 0. The number of amides is 1. The maximum Gasteiger partial charge on any atom is 0.225 e. The van der Waals surface area contributed by atoms with Crippen molar-refractivity contribution >= 4 is 30.7 Å². The summed E-state index contributed by atoms with van der Waals surface area (Å²) in [5.41, 5.74) is 6.42. The second-order valence-corrected chi connectivity index (χ2v) is 10.3. The molecule has 2 saturated heterocycles. The molecule has 2 heterocycles. The average molecular weight is 465 g/mol. The Hall–Kier alpha value is -0.0700. The molecule has 0 spiro atoms. The third-order valence-corrected chi connectivity index (χ3v) is 8.04. The minimum Gasteiger partial charge on any atom is -0.373 e. The molecule has 4 atom stereocenters. The highest BCUT2D eigenvalue weighted by molar-refractivity contribution is 5.85. The lowest BCUT2D eigenvalue weighted by Gasteiger charge is -2.45. The Morgan fingerprint density at radius 3 is 2.10 bits per heavy atom. The van der Waals surface area contributed by atoms with Crippen LogP contribution in [0.15, 0.2) is 0 Å². The van der Waals surface area contributed by atoms with Gasteiger partial charge in [0.15, 0.2) is 0 Å². The van der Waals surface area contributed by atoms with Gasteiger partial charge >= 0.3 is 0 Å². The molecular weight excluding hydrogens is 421 g/mol. The number of hydrogen-bond acceptors (Lipinski definition) is 4. The molecule has 2 aliphatic heterocycles. The van der Waals surface area contributed by atoms with Crippen molar-refractivity contribution in [3.63, 3.8) is 0 Å². The van der Waals surface area contributed by atoms with Gasteiger partial charge in [-0.15, -0.1) is 24.8 Å². The maximum atomic E-state index is 13.1. The van der Waals surface area contributed by atoms with Gasteiger partial charge in [0.1, 0.15) is 0 Å². The first-order valence-corrected chi connectivity index (χ1v) is 11.9. The molecule has 176 valence electrons. The normalized spacial score (nSPS) is 37.8. The Kier molecular flexibility index (Phi) is 10.2. The van der Waals surface area contributed by atoms with E-state index in [0.29, 0.717) is 36.0 Å². The number of carbonyl (C=O) groups is 1. The van der Waals surface area contributed by atoms with Gasteiger partial charge in [-0.3, -0.25) is 9.69 Å². The van der Waals surface area contributed by atoms with Gasteiger partial charge in [-0.05, 0) is 83.1 Å². The minimum atomic E-state index is 0. The van der Waals surface area contributed by atoms with E-state index in [1.165, 1.54) is 45.1 Å². The summed E-state index contributed by atoms with van der Waals surface area (Å²) in [6.45, 7) is 9.61. The van der Waals surface area contributed by atoms with E-state index in [1.54, 1.807) is 0 Å². The van der Waals surface area contributed by atoms with Crippen LogP contribution in [0.1, 0.15) is 65.2 Å². The van der Waals surface area contributed by atoms with E-state index in [-0.39, 0.29) is 30.7 Å². The molecule has 7 heteroatoms. The molecule has 0 aromatic heterocycles. The Labute approximate surface area is 195 Å². The second kappa shape index (κ2) is 11.7. The third-order valence-electron chi connectivity index (χ3n) is 8.04. The van der Waals surface area contributed by atoms with Crippen LogP contribution in [0.2, 0.25) is 0 Å². The summed E-state index contributed by atoms with van der Waals surface area (Å²) < 4.78 is 5.85. The molecule has 4 rings (SSSR count). The van der Waals surface area contributed by atoms with Crippen molar-refractivity contribution in [3.05, 3.63) is 0 Å². The maximum absolute atomic E-state index is 13.1. The van der Waals surface area contributed by atoms with Gasteiger partial charge in [-0.25, -0.2) is 0 Å². The van der Waals surface area contributed by atoms with E-state index < -0.39 is 0 Å². The van der Waals surface area contributed by atoms with E-state index in [9.17, 15) is 4.79 Å². The molecule has 2 bridgehead atoms. The van der Waals surface area contributed by atoms with Crippen LogP contribution < -0.4 is 5.73 Å². The number of morpholine rings is 1. The molecular formula is C23H43Cl2N3O2. The van der Waals surface area contributed by atoms with Crippen molar-refractivity contribution in [1.29, 1.82) is 0 Å². The Morgan fingerprint density at radius 1 is 0.967 bits per heavy atom. The number of nitrogens with two attached hydrogens (primary N) is 1. The highest BCUT2D eigenvalue weighted by atomic mass is 35.5. The molecule has 4 unspecified atom stereocenters. The second-order valence-electron chi connectivity index (χ2n) is 10.3. The van der Waals surface area contributed by atoms with Crippen LogP contribution in [0.3, 0.4) is 0 Å². The van der Waals surface area contributed by atoms with Crippen LogP contribution in [0.25, 0.3) is 0 Å². The molecule has 0 aromatic rings. The number of halogens is 2. The summed E-state index contributed by atoms with van der Waals surface area (Å²) in [6, 6.07) is 0.356. The molecule has 1 amide bonds. The monoisotopic (exact) mass is 463 g/mol. The van der Waals surface area contributed by atoms with E-state index >= 15 is 0 Å². The molecule has 2 saturated carbocycles. The molecule has 2 aliphatic carbocycles. The van der Waals surface area contributed by atoms with Crippen LogP contribution >= 0.6 is 24.8 Å². The Morgan fingerprint density at radius 2 is 1.53 bits per heavy atom. The number of nitrogens with zero attached hydrogens (tertiary/aromatic N) is 2. The van der Waals surface area contributed by atoms with Crippen molar-refractivity contribution in [1.82, 2.24) is 9.80 Å². The third kappa shape index (κ3) is 6.25. The van der Waals surface area contributed by atoms with Crippen molar-refractivity contribution < 1.29 is 9.53 Å². The lowest BCUT2D eigenvalue weighted by atomic mass is 9.65. The number of piperidine rings is 1. The fourth-order valence-electron chi connectivity index (χ4n) is 6.52. The first-order valence-electron chi connectivity index (χ1n) is 11.9. The molecule has 30 heavy (non-hydrogen) atoms. The summed E-state index contributed by atoms with van der Waals surface area (Å²) in [5, 5.41) is 0. The lowest BCUT2D eigenvalue weighted by Crippen LogP contribution is -2.51. The predicted molar refractivity (Wildman–Crippen MR) is 126 cm³/mol. The summed E-state index contributed by atoms with van der Waals surface area (Å²) in [4.78, 5) is 17.9. The highest BCUT2D eigenvalue weighted by Crippen LogP contribution is 2.42. The largest absolute Gasteiger partial charge is 0.373 e. The van der Waals surface area contributed by atoms with Crippen molar-refractivity contribution in [2.45, 2.75) is 83.5 Å². The zero-order valence-corrected chi connectivity index (χ0v) is 20.5. The standard InChI is InChI=1S/C23H41N3O2.2ClH/c1-16-14-25(15-17(2)28-16)9-6-18-7-10-26(11-8-18)23(27)21-12-19-4-3-5-20(13-21)22(19)24;;/h16-22H,3-15,24H2,1-2H3;2*1H. The van der Waals surface area contributed by atoms with E-state index in [1.807, 2.05) is 0 Å². The first-order chi connectivity index (χ1) is 13.5. The summed E-state index contributed by atoms with van der Waals surface area (Å²) in [5.74, 6) is 2.66. The molecule has 0 radical (unpaired) electrons. The molecule has 4 aliphatic rings. The van der Waals surface area contributed by atoms with Crippen LogP contribution in [-0.2, 0) is 9.53 Å². The highest BCUT2D eigenvalue weighted by Gasteiger charge is 2.42. The number of carbonyl (C=O) groups excluding carboxylic acids is 1. The van der Waals surface area contributed by atoms with Gasteiger partial charge in [-0.1, -0.05) is 6.42 Å². The molecule has 2 N–H and O–H groups in total. The average Bonchev–Trinajstić information content (AvgIpc) is 2.65. The van der Waals surface area contributed by atoms with Crippen molar-refractivity contribution in [2.75, 3.05) is 32.7 Å². The number of ether oxygens (including phenoxy) is 1. The van der Waals surface area contributed by atoms with Gasteiger partial charge in [-0.2, -0.15) is 0 Å². The Balaban J connectivity index is 0.00000160. The topological polar surface area (TPSA) is 58.8 Å². The minimum absolute atomic E-state index is 0. The van der Waals surface area contributed by atoms with E-state index in [2.05, 4.69) is 23.6 Å². The van der Waals surface area contributed by atoms with Crippen LogP contribution in [-0.4, -0.2) is 66.7 Å². The number of rotatable bonds is 4. The van der Waals surface area contributed by atoms with Gasteiger partial charge in [0, 0.05) is 38.1 Å². The lowest BCUT2D eigenvalue weighted by molar-refractivity contribution is -0.140. The molecule has 4 fully saturated rings. The summed E-state index contributed by atoms with van der Waals surface area (Å²) in [6.07, 6.45) is 10.2. The predicted octanol–water partition coefficient (Wildman–Crippen LogP) is 3.72. The first kappa shape index (κ1) is 26.2. The number of hydrogen-bond donors (Lipinski definition) is 1. The van der Waals surface area contributed by atoms with Gasteiger partial charge in [0.2, 0.25) is 5.91 Å². The van der Waals surface area contributed by atoms with Crippen molar-refractivity contribution in [3.8, 4) is 0 Å². The Bertz CT molecular complexity index is 521. The number of likely N-dealkylation sites (tertiary alicyclic amines) is 1. The zero-order valence-electron chi connectivity index (χ0n) is 18.8. The van der Waals surface area contributed by atoms with E-state index in [4.69, 9.17) is 10.5 Å². The smallest absolute Gasteiger partial charge is 0.225 e. The van der Waals surface area contributed by atoms with E-state index in [0.717, 1.165) is 44.9 Å². The SMILES string of the molecule is CC1CN(CCC2CCN(C(=O)C3CC4CCCC(C3)C4N)CC2)CC(C)O1.Cl.Cl. The summed E-state index contributed by atoms with van der Waals surface area (Å²) >= 11 is 0. The van der Waals surface area contributed by atoms with Gasteiger partial charge < -0.3 is 15.4 Å². The van der Waals surface area contributed by atoms with Crippen LogP contribution in [0.4, 0.5) is 0 Å². The zero-order chi connectivity index (χ0) is 19.7. The fourth-order valence-corrected chi connectivity index (χ4v) is 6.52. The van der Waals surface area contributed by atoms with Crippen molar-refractivity contribution in [2.24, 2.45) is 29.4 Å². The number of fused-ring (bicyclic) bond motifs is 2. The quantitative estimate of drug-likeness (QED) is 0.689. The molecule has 5 nitrogen and oxygen atoms in total. The fraction of sp³-hybridized carbons (Fsp3) is 0.957. The van der Waals surface area contributed by atoms with Gasteiger partial charge in [0.05, 0.1) is 12.2 Å².